The first-order valence-electron chi connectivity index (χ1n) is 13.1. The standard InChI is InChI=1S/C30H32N2O6S/c1-5-8-17-38-22-15-13-21(14-16-22)25(33)23-24(20-11-9-19(6-2)10-12-20)32(28(35)26(23)34)30-31-18(4)27(39-30)29(36)37-7-3/h9-16,24,33H,5-8,17H2,1-4H3/b25-23+. The Balaban J connectivity index is 1.81. The van der Waals surface area contributed by atoms with E-state index in [1.807, 2.05) is 31.2 Å². The molecule has 1 saturated heterocycles. The predicted octanol–water partition coefficient (Wildman–Crippen LogP) is 6.00. The van der Waals surface area contributed by atoms with Crippen molar-refractivity contribution in [1.29, 1.82) is 0 Å². The normalized spacial score (nSPS) is 16.5. The molecule has 1 N–H and O–H groups in total. The molecule has 1 unspecified atom stereocenters. The summed E-state index contributed by atoms with van der Waals surface area (Å²) < 4.78 is 10.8. The Hall–Kier alpha value is -3.98. The number of aliphatic hydroxyl groups is 1. The van der Waals surface area contributed by atoms with Crippen LogP contribution in [-0.4, -0.2) is 41.0 Å². The Bertz CT molecular complexity index is 1390. The average molecular weight is 549 g/mol. The van der Waals surface area contributed by atoms with Crippen LogP contribution in [0.15, 0.2) is 54.1 Å². The van der Waals surface area contributed by atoms with Crippen molar-refractivity contribution in [3.63, 3.8) is 0 Å². The summed E-state index contributed by atoms with van der Waals surface area (Å²) in [6, 6.07) is 13.4. The number of carbonyl (C=O) groups excluding carboxylic acids is 3. The molecule has 1 fully saturated rings. The van der Waals surface area contributed by atoms with Crippen LogP contribution in [0.4, 0.5) is 5.13 Å². The first-order valence-corrected chi connectivity index (χ1v) is 13.9. The fourth-order valence-electron chi connectivity index (χ4n) is 4.35. The minimum absolute atomic E-state index is 0.0468. The Labute approximate surface area is 231 Å². The van der Waals surface area contributed by atoms with Crippen molar-refractivity contribution < 1.29 is 29.0 Å². The van der Waals surface area contributed by atoms with Gasteiger partial charge in [-0.15, -0.1) is 0 Å². The lowest BCUT2D eigenvalue weighted by atomic mass is 9.94. The van der Waals surface area contributed by atoms with Gasteiger partial charge in [0.1, 0.15) is 16.4 Å². The van der Waals surface area contributed by atoms with Crippen LogP contribution in [0, 0.1) is 6.92 Å². The minimum atomic E-state index is -0.933. The Morgan fingerprint density at radius 3 is 2.36 bits per heavy atom. The monoisotopic (exact) mass is 548 g/mol. The fourth-order valence-corrected chi connectivity index (χ4v) is 5.34. The number of unbranched alkanes of at least 4 members (excludes halogenated alkanes) is 1. The van der Waals surface area contributed by atoms with E-state index in [1.54, 1.807) is 38.1 Å². The molecule has 0 saturated carbocycles. The van der Waals surface area contributed by atoms with Gasteiger partial charge in [0, 0.05) is 5.56 Å². The van der Waals surface area contributed by atoms with Gasteiger partial charge < -0.3 is 14.6 Å². The number of esters is 1. The topological polar surface area (TPSA) is 106 Å². The summed E-state index contributed by atoms with van der Waals surface area (Å²) in [6.07, 6.45) is 2.76. The quantitative estimate of drug-likeness (QED) is 0.109. The molecule has 0 bridgehead atoms. The molecule has 0 spiro atoms. The molecule has 0 radical (unpaired) electrons. The van der Waals surface area contributed by atoms with E-state index in [9.17, 15) is 19.5 Å². The molecular weight excluding hydrogens is 516 g/mol. The molecule has 4 rings (SSSR count). The molecule has 8 nitrogen and oxygen atoms in total. The molecule has 2 heterocycles. The largest absolute Gasteiger partial charge is 0.507 e. The van der Waals surface area contributed by atoms with E-state index < -0.39 is 23.7 Å². The maximum Gasteiger partial charge on any atom is 0.350 e. The summed E-state index contributed by atoms with van der Waals surface area (Å²) in [5.41, 5.74) is 2.46. The zero-order valence-corrected chi connectivity index (χ0v) is 23.3. The molecule has 1 aliphatic heterocycles. The molecular formula is C30H32N2O6S. The SMILES string of the molecule is CCCCOc1ccc(/C(O)=C2\C(=O)C(=O)N(c3nc(C)c(C(=O)OCC)s3)C2c2ccc(CC)cc2)cc1. The number of amides is 1. The van der Waals surface area contributed by atoms with Crippen molar-refractivity contribution in [3.8, 4) is 5.75 Å². The fraction of sp³-hybridized carbons (Fsp3) is 0.333. The first-order chi connectivity index (χ1) is 18.8. The molecule has 3 aromatic rings. The van der Waals surface area contributed by atoms with E-state index in [4.69, 9.17) is 9.47 Å². The number of Topliss-reactive ketones (excluding diaryl/α,β-unsaturated/α-hetero) is 1. The third-order valence-corrected chi connectivity index (χ3v) is 7.63. The maximum atomic E-state index is 13.4. The predicted molar refractivity (Wildman–Crippen MR) is 150 cm³/mol. The summed E-state index contributed by atoms with van der Waals surface area (Å²) in [4.78, 5) is 45.3. The molecule has 9 heteroatoms. The summed E-state index contributed by atoms with van der Waals surface area (Å²) in [5.74, 6) is -1.84. The van der Waals surface area contributed by atoms with Gasteiger partial charge in [-0.2, -0.15) is 0 Å². The van der Waals surface area contributed by atoms with Crippen LogP contribution in [-0.2, 0) is 20.7 Å². The van der Waals surface area contributed by atoms with Crippen LogP contribution in [0.5, 0.6) is 5.75 Å². The van der Waals surface area contributed by atoms with E-state index in [-0.39, 0.29) is 27.9 Å². The molecule has 39 heavy (non-hydrogen) atoms. The number of benzene rings is 2. The van der Waals surface area contributed by atoms with Gasteiger partial charge in [0.15, 0.2) is 5.13 Å². The van der Waals surface area contributed by atoms with Gasteiger partial charge in [-0.3, -0.25) is 14.5 Å². The summed E-state index contributed by atoms with van der Waals surface area (Å²) >= 11 is 0.984. The molecule has 1 aliphatic rings. The lowest BCUT2D eigenvalue weighted by molar-refractivity contribution is -0.132. The number of hydrogen-bond donors (Lipinski definition) is 1. The van der Waals surface area contributed by atoms with Crippen molar-refractivity contribution in [2.24, 2.45) is 0 Å². The molecule has 204 valence electrons. The third kappa shape index (κ3) is 5.73. The minimum Gasteiger partial charge on any atom is -0.507 e. The number of aliphatic hydroxyl groups excluding tert-OH is 1. The van der Waals surface area contributed by atoms with E-state index in [0.717, 1.165) is 36.2 Å². The highest BCUT2D eigenvalue weighted by Crippen LogP contribution is 2.44. The van der Waals surface area contributed by atoms with Crippen LogP contribution in [0.2, 0.25) is 0 Å². The van der Waals surface area contributed by atoms with E-state index in [1.165, 1.54) is 4.90 Å². The summed E-state index contributed by atoms with van der Waals surface area (Å²) in [5, 5.41) is 11.6. The Morgan fingerprint density at radius 2 is 1.74 bits per heavy atom. The van der Waals surface area contributed by atoms with Crippen molar-refractivity contribution in [3.05, 3.63) is 81.4 Å². The molecule has 1 aromatic heterocycles. The molecule has 2 aromatic carbocycles. The molecule has 0 aliphatic carbocycles. The van der Waals surface area contributed by atoms with Crippen LogP contribution in [0.25, 0.3) is 5.76 Å². The Kier molecular flexibility index (Phi) is 8.81. The average Bonchev–Trinajstić information content (AvgIpc) is 3.45. The van der Waals surface area contributed by atoms with Gasteiger partial charge in [-0.05, 0) is 62.1 Å². The van der Waals surface area contributed by atoms with E-state index >= 15 is 0 Å². The Morgan fingerprint density at radius 1 is 1.05 bits per heavy atom. The smallest absolute Gasteiger partial charge is 0.350 e. The lowest BCUT2D eigenvalue weighted by Crippen LogP contribution is -2.29. The zero-order chi connectivity index (χ0) is 28.1. The van der Waals surface area contributed by atoms with E-state index in [0.29, 0.717) is 29.2 Å². The van der Waals surface area contributed by atoms with Gasteiger partial charge in [0.25, 0.3) is 5.78 Å². The number of aromatic nitrogens is 1. The van der Waals surface area contributed by atoms with Gasteiger partial charge in [-0.25, -0.2) is 9.78 Å². The number of nitrogens with zero attached hydrogens (tertiary/aromatic N) is 2. The van der Waals surface area contributed by atoms with Crippen molar-refractivity contribution in [2.45, 2.75) is 53.0 Å². The van der Waals surface area contributed by atoms with Crippen LogP contribution in [0.3, 0.4) is 0 Å². The van der Waals surface area contributed by atoms with E-state index in [2.05, 4.69) is 11.9 Å². The van der Waals surface area contributed by atoms with Crippen molar-refractivity contribution in [2.75, 3.05) is 18.1 Å². The lowest BCUT2D eigenvalue weighted by Gasteiger charge is -2.23. The highest BCUT2D eigenvalue weighted by Gasteiger charge is 2.48. The maximum absolute atomic E-state index is 13.4. The second kappa shape index (κ2) is 12.3. The first kappa shape index (κ1) is 28.0. The number of thiazole rings is 1. The van der Waals surface area contributed by atoms with Crippen LogP contribution >= 0.6 is 11.3 Å². The number of carbonyl (C=O) groups is 3. The van der Waals surface area contributed by atoms with Crippen molar-refractivity contribution >= 4 is 39.9 Å². The number of ether oxygens (including phenoxy) is 2. The van der Waals surface area contributed by atoms with Gasteiger partial charge in [0.05, 0.1) is 30.5 Å². The van der Waals surface area contributed by atoms with Gasteiger partial charge in [-0.1, -0.05) is 55.9 Å². The number of hydrogen-bond acceptors (Lipinski definition) is 8. The highest BCUT2D eigenvalue weighted by atomic mass is 32.1. The number of aryl methyl sites for hydroxylation is 2. The highest BCUT2D eigenvalue weighted by molar-refractivity contribution is 7.17. The zero-order valence-electron chi connectivity index (χ0n) is 22.5. The third-order valence-electron chi connectivity index (χ3n) is 6.49. The van der Waals surface area contributed by atoms with Crippen molar-refractivity contribution in [1.82, 2.24) is 4.98 Å². The van der Waals surface area contributed by atoms with Gasteiger partial charge >= 0.3 is 11.9 Å². The number of rotatable bonds is 10. The number of ketones is 1. The summed E-state index contributed by atoms with van der Waals surface area (Å²) in [6.45, 7) is 8.25. The second-order valence-corrected chi connectivity index (χ2v) is 10.1. The summed E-state index contributed by atoms with van der Waals surface area (Å²) in [7, 11) is 0. The molecule has 1 amide bonds. The van der Waals surface area contributed by atoms with Gasteiger partial charge in [0.2, 0.25) is 0 Å². The van der Waals surface area contributed by atoms with Crippen LogP contribution in [0.1, 0.15) is 71.7 Å². The molecule has 1 atom stereocenters. The second-order valence-electron chi connectivity index (χ2n) is 9.12. The number of anilines is 1. The van der Waals surface area contributed by atoms with Crippen LogP contribution < -0.4 is 9.64 Å².